The molecule has 14 heavy (non-hydrogen) atoms. The summed E-state index contributed by atoms with van der Waals surface area (Å²) in [5.41, 5.74) is -0.219. The fourth-order valence-corrected chi connectivity index (χ4v) is 1.09. The summed E-state index contributed by atoms with van der Waals surface area (Å²) >= 11 is 0. The maximum absolute atomic E-state index is 10.7. The third-order valence-electron chi connectivity index (χ3n) is 1.66. The van der Waals surface area contributed by atoms with Gasteiger partial charge in [-0.3, -0.25) is 0 Å². The van der Waals surface area contributed by atoms with E-state index in [0.717, 1.165) is 6.26 Å². The van der Waals surface area contributed by atoms with Gasteiger partial charge >= 0.3 is 11.9 Å². The number of furan rings is 1. The Kier molecular flexibility index (Phi) is 2.88. The molecular weight excluding hydrogens is 192 g/mol. The highest BCUT2D eigenvalue weighted by Crippen LogP contribution is 2.18. The number of carbonyl (C=O) groups is 2. The fourth-order valence-electron chi connectivity index (χ4n) is 1.09. The normalized spacial score (nSPS) is 10.1. The number of hydrogen-bond acceptors (Lipinski definition) is 4. The van der Waals surface area contributed by atoms with Crippen molar-refractivity contribution >= 4 is 11.9 Å². The number of aromatic carboxylic acids is 2. The molecule has 1 aromatic rings. The zero-order chi connectivity index (χ0) is 10.7. The molecule has 6 nitrogen and oxygen atoms in total. The lowest BCUT2D eigenvalue weighted by atomic mass is 10.1. The molecule has 0 unspecified atom stereocenters. The Labute approximate surface area is 78.4 Å². The molecule has 0 aliphatic carbocycles. The van der Waals surface area contributed by atoms with Crippen molar-refractivity contribution in [3.8, 4) is 0 Å². The number of hydrogen-bond donors (Lipinski definition) is 3. The van der Waals surface area contributed by atoms with E-state index >= 15 is 0 Å². The number of carboxylic acid groups (broad SMARTS) is 2. The number of aliphatic hydroxyl groups excluding tert-OH is 1. The molecule has 1 heterocycles. The topological polar surface area (TPSA) is 108 Å². The SMILES string of the molecule is O=C(O)c1occ(CCO)c1C(=O)O. The van der Waals surface area contributed by atoms with Crippen molar-refractivity contribution in [1.29, 1.82) is 0 Å². The predicted octanol–water partition coefficient (Wildman–Crippen LogP) is 0.211. The van der Waals surface area contributed by atoms with E-state index in [-0.39, 0.29) is 18.6 Å². The first-order valence-corrected chi connectivity index (χ1v) is 3.75. The van der Waals surface area contributed by atoms with E-state index in [2.05, 4.69) is 4.42 Å². The van der Waals surface area contributed by atoms with E-state index in [1.54, 1.807) is 0 Å². The van der Waals surface area contributed by atoms with Gasteiger partial charge in [0.05, 0.1) is 6.26 Å². The van der Waals surface area contributed by atoms with Crippen LogP contribution in [0.1, 0.15) is 26.5 Å². The van der Waals surface area contributed by atoms with Gasteiger partial charge in [0.1, 0.15) is 5.56 Å². The molecule has 0 atom stereocenters. The first-order chi connectivity index (χ1) is 6.57. The predicted molar refractivity (Wildman–Crippen MR) is 43.4 cm³/mol. The summed E-state index contributed by atoms with van der Waals surface area (Å²) in [6.07, 6.45) is 1.08. The van der Waals surface area contributed by atoms with Gasteiger partial charge in [0.2, 0.25) is 5.76 Å². The van der Waals surface area contributed by atoms with Crippen LogP contribution in [0.4, 0.5) is 0 Å². The van der Waals surface area contributed by atoms with E-state index in [9.17, 15) is 9.59 Å². The van der Waals surface area contributed by atoms with E-state index in [1.165, 1.54) is 0 Å². The van der Waals surface area contributed by atoms with Gasteiger partial charge in [-0.05, 0) is 6.42 Å². The van der Waals surface area contributed by atoms with Crippen LogP contribution in [-0.4, -0.2) is 33.9 Å². The second kappa shape index (κ2) is 3.93. The minimum atomic E-state index is -1.44. The third-order valence-corrected chi connectivity index (χ3v) is 1.66. The van der Waals surface area contributed by atoms with Crippen LogP contribution in [0.15, 0.2) is 10.7 Å². The molecule has 1 rings (SSSR count). The lowest BCUT2D eigenvalue weighted by Crippen LogP contribution is -2.08. The van der Waals surface area contributed by atoms with E-state index in [1.807, 2.05) is 0 Å². The molecule has 0 saturated carbocycles. The average molecular weight is 200 g/mol. The highest BCUT2D eigenvalue weighted by atomic mass is 16.4. The monoisotopic (exact) mass is 200 g/mol. The van der Waals surface area contributed by atoms with Crippen LogP contribution < -0.4 is 0 Å². The maximum atomic E-state index is 10.7. The van der Waals surface area contributed by atoms with Crippen molar-refractivity contribution in [3.63, 3.8) is 0 Å². The highest BCUT2D eigenvalue weighted by Gasteiger charge is 2.24. The summed E-state index contributed by atoms with van der Waals surface area (Å²) in [5, 5.41) is 25.9. The molecule has 0 fully saturated rings. The Hall–Kier alpha value is -1.82. The quantitative estimate of drug-likeness (QED) is 0.641. The first-order valence-electron chi connectivity index (χ1n) is 3.75. The molecule has 0 bridgehead atoms. The van der Waals surface area contributed by atoms with Crippen LogP contribution in [0.25, 0.3) is 0 Å². The molecular formula is C8H8O6. The van der Waals surface area contributed by atoms with Crippen LogP contribution in [0.5, 0.6) is 0 Å². The van der Waals surface area contributed by atoms with Gasteiger partial charge < -0.3 is 19.7 Å². The smallest absolute Gasteiger partial charge is 0.372 e. The summed E-state index contributed by atoms with van der Waals surface area (Å²) in [6, 6.07) is 0. The Morgan fingerprint density at radius 3 is 2.36 bits per heavy atom. The molecule has 0 saturated heterocycles. The zero-order valence-corrected chi connectivity index (χ0v) is 7.06. The van der Waals surface area contributed by atoms with E-state index < -0.39 is 23.3 Å². The van der Waals surface area contributed by atoms with Crippen molar-refractivity contribution in [2.75, 3.05) is 6.61 Å². The summed E-state index contributed by atoms with van der Waals surface area (Å²) in [6.45, 7) is -0.265. The van der Waals surface area contributed by atoms with Crippen molar-refractivity contribution in [2.24, 2.45) is 0 Å². The number of carboxylic acids is 2. The molecule has 6 heteroatoms. The lowest BCUT2D eigenvalue weighted by molar-refractivity contribution is 0.0625. The average Bonchev–Trinajstić information content (AvgIpc) is 2.48. The molecule has 0 aliphatic heterocycles. The largest absolute Gasteiger partial charge is 0.478 e. The minimum Gasteiger partial charge on any atom is -0.478 e. The Bertz CT molecular complexity index is 364. The molecule has 1 aromatic heterocycles. The van der Waals surface area contributed by atoms with Crippen LogP contribution in [0.3, 0.4) is 0 Å². The summed E-state index contributed by atoms with van der Waals surface area (Å²) in [7, 11) is 0. The Balaban J connectivity index is 3.20. The first kappa shape index (κ1) is 10.3. The third kappa shape index (κ3) is 1.74. The summed E-state index contributed by atoms with van der Waals surface area (Å²) in [5.74, 6) is -3.42. The van der Waals surface area contributed by atoms with E-state index in [0.29, 0.717) is 0 Å². The van der Waals surface area contributed by atoms with Crippen LogP contribution >= 0.6 is 0 Å². The summed E-state index contributed by atoms with van der Waals surface area (Å²) in [4.78, 5) is 21.2. The van der Waals surface area contributed by atoms with Crippen LogP contribution in [0.2, 0.25) is 0 Å². The Morgan fingerprint density at radius 1 is 1.29 bits per heavy atom. The molecule has 0 amide bonds. The number of aliphatic hydroxyl groups is 1. The lowest BCUT2D eigenvalue weighted by Gasteiger charge is -1.95. The molecule has 0 spiro atoms. The van der Waals surface area contributed by atoms with Crippen molar-refractivity contribution in [1.82, 2.24) is 0 Å². The highest BCUT2D eigenvalue weighted by molar-refractivity contribution is 6.00. The van der Waals surface area contributed by atoms with Gasteiger partial charge in [0.15, 0.2) is 0 Å². The van der Waals surface area contributed by atoms with E-state index in [4.69, 9.17) is 15.3 Å². The fraction of sp³-hybridized carbons (Fsp3) is 0.250. The van der Waals surface area contributed by atoms with Crippen LogP contribution in [-0.2, 0) is 6.42 Å². The summed E-state index contributed by atoms with van der Waals surface area (Å²) < 4.78 is 4.58. The molecule has 0 radical (unpaired) electrons. The standard InChI is InChI=1S/C8H8O6/c9-2-1-4-3-14-6(8(12)13)5(4)7(10)11/h3,9H,1-2H2,(H,10,11)(H,12,13). The van der Waals surface area contributed by atoms with Crippen molar-refractivity contribution in [3.05, 3.63) is 23.2 Å². The zero-order valence-electron chi connectivity index (χ0n) is 7.06. The maximum Gasteiger partial charge on any atom is 0.372 e. The molecule has 3 N–H and O–H groups in total. The molecule has 0 aromatic carbocycles. The number of rotatable bonds is 4. The van der Waals surface area contributed by atoms with Gasteiger partial charge in [-0.2, -0.15) is 0 Å². The van der Waals surface area contributed by atoms with Gasteiger partial charge in [-0.1, -0.05) is 0 Å². The van der Waals surface area contributed by atoms with Crippen LogP contribution in [0, 0.1) is 0 Å². The minimum absolute atomic E-state index is 0.0540. The second-order valence-electron chi connectivity index (χ2n) is 2.55. The van der Waals surface area contributed by atoms with Gasteiger partial charge in [-0.25, -0.2) is 9.59 Å². The molecule has 0 aliphatic rings. The van der Waals surface area contributed by atoms with Gasteiger partial charge in [0, 0.05) is 12.2 Å². The Morgan fingerprint density at radius 2 is 1.93 bits per heavy atom. The van der Waals surface area contributed by atoms with Gasteiger partial charge in [-0.15, -0.1) is 0 Å². The second-order valence-corrected chi connectivity index (χ2v) is 2.55. The van der Waals surface area contributed by atoms with Gasteiger partial charge in [0.25, 0.3) is 0 Å². The molecule has 76 valence electrons. The van der Waals surface area contributed by atoms with Crippen molar-refractivity contribution < 1.29 is 29.3 Å². The van der Waals surface area contributed by atoms with Crippen molar-refractivity contribution in [2.45, 2.75) is 6.42 Å².